The molecule has 0 aromatic heterocycles. The van der Waals surface area contributed by atoms with Gasteiger partial charge in [-0.25, -0.2) is 0 Å². The van der Waals surface area contributed by atoms with E-state index in [4.69, 9.17) is 23.2 Å². The van der Waals surface area contributed by atoms with Crippen LogP contribution < -0.4 is 0 Å². The Morgan fingerprint density at radius 2 is 2.10 bits per heavy atom. The molecular weight excluding hydrogens is 428 g/mol. The number of rotatable bonds is 3. The molecule has 2 rings (SSSR count). The van der Waals surface area contributed by atoms with Crippen molar-refractivity contribution in [3.05, 3.63) is 31.3 Å². The lowest BCUT2D eigenvalue weighted by Gasteiger charge is -2.23. The number of halogens is 3. The van der Waals surface area contributed by atoms with Crippen molar-refractivity contribution in [3.8, 4) is 0 Å². The molecule has 0 bridgehead atoms. The summed E-state index contributed by atoms with van der Waals surface area (Å²) in [7, 11) is 0. The van der Waals surface area contributed by atoms with Crippen LogP contribution in [0.1, 0.15) is 30.1 Å². The molecule has 1 fully saturated rings. The van der Waals surface area contributed by atoms with Crippen molar-refractivity contribution in [1.29, 1.82) is 0 Å². The van der Waals surface area contributed by atoms with Crippen molar-refractivity contribution in [2.75, 3.05) is 13.1 Å². The molecule has 1 aromatic carbocycles. The van der Waals surface area contributed by atoms with Gasteiger partial charge in [0, 0.05) is 21.7 Å². The number of carbonyl (C=O) groups excluding carboxylic acids is 1. The normalized spacial score (nSPS) is 21.6. The average Bonchev–Trinajstić information content (AvgIpc) is 2.88. The summed E-state index contributed by atoms with van der Waals surface area (Å²) in [5, 5.41) is 10.2. The van der Waals surface area contributed by atoms with Crippen molar-refractivity contribution in [2.24, 2.45) is 5.41 Å². The maximum absolute atomic E-state index is 12.6. The van der Waals surface area contributed by atoms with Crippen molar-refractivity contribution < 1.29 is 14.7 Å². The number of carboxylic acid groups (broad SMARTS) is 1. The summed E-state index contributed by atoms with van der Waals surface area (Å²) in [6.45, 7) is 2.49. The van der Waals surface area contributed by atoms with E-state index in [-0.39, 0.29) is 12.5 Å². The molecular formula is C14H14Cl2INO3. The zero-order chi connectivity index (χ0) is 15.8. The molecule has 1 heterocycles. The third-order valence-electron chi connectivity index (χ3n) is 3.99. The first-order valence-electron chi connectivity index (χ1n) is 6.48. The molecule has 0 radical (unpaired) electrons. The lowest BCUT2D eigenvalue weighted by atomic mass is 9.84. The summed E-state index contributed by atoms with van der Waals surface area (Å²) in [5.74, 6) is -1.07. The van der Waals surface area contributed by atoms with Crippen molar-refractivity contribution in [1.82, 2.24) is 4.90 Å². The van der Waals surface area contributed by atoms with Gasteiger partial charge in [0.1, 0.15) is 0 Å². The van der Waals surface area contributed by atoms with Crippen LogP contribution in [0.2, 0.25) is 10.0 Å². The van der Waals surface area contributed by atoms with E-state index in [1.54, 1.807) is 17.0 Å². The maximum atomic E-state index is 12.6. The van der Waals surface area contributed by atoms with Crippen LogP contribution in [-0.2, 0) is 4.79 Å². The van der Waals surface area contributed by atoms with Gasteiger partial charge >= 0.3 is 5.97 Å². The van der Waals surface area contributed by atoms with Crippen LogP contribution in [0.15, 0.2) is 12.1 Å². The van der Waals surface area contributed by atoms with Crippen molar-refractivity contribution >= 4 is 57.7 Å². The van der Waals surface area contributed by atoms with Gasteiger partial charge in [-0.15, -0.1) is 0 Å². The number of carbonyl (C=O) groups is 2. The molecule has 1 saturated heterocycles. The van der Waals surface area contributed by atoms with Gasteiger partial charge in [0.25, 0.3) is 5.91 Å². The van der Waals surface area contributed by atoms with Crippen LogP contribution in [0.5, 0.6) is 0 Å². The van der Waals surface area contributed by atoms with E-state index < -0.39 is 11.4 Å². The van der Waals surface area contributed by atoms with E-state index in [1.165, 1.54) is 0 Å². The van der Waals surface area contributed by atoms with Gasteiger partial charge in [-0.1, -0.05) is 30.1 Å². The van der Waals surface area contributed by atoms with Crippen LogP contribution in [0.3, 0.4) is 0 Å². The predicted octanol–water partition coefficient (Wildman–Crippen LogP) is 3.92. The molecule has 1 aliphatic heterocycles. The second-order valence-corrected chi connectivity index (χ2v) is 7.09. The minimum absolute atomic E-state index is 0.220. The van der Waals surface area contributed by atoms with Crippen LogP contribution in [-0.4, -0.2) is 35.0 Å². The Balaban J connectivity index is 2.29. The molecule has 1 aliphatic rings. The molecule has 1 aromatic rings. The Kier molecular flexibility index (Phi) is 5.05. The molecule has 21 heavy (non-hydrogen) atoms. The zero-order valence-electron chi connectivity index (χ0n) is 11.3. The SMILES string of the molecule is CCC1(C(=O)O)CCN(C(=O)c2cc(Cl)cc(Cl)c2I)C1. The van der Waals surface area contributed by atoms with Gasteiger partial charge in [0.15, 0.2) is 0 Å². The number of nitrogens with zero attached hydrogens (tertiary/aromatic N) is 1. The summed E-state index contributed by atoms with van der Waals surface area (Å²) < 4.78 is 0.632. The third kappa shape index (κ3) is 3.14. The first-order chi connectivity index (χ1) is 9.80. The highest BCUT2D eigenvalue weighted by atomic mass is 127. The highest BCUT2D eigenvalue weighted by Gasteiger charge is 2.45. The Morgan fingerprint density at radius 3 is 2.62 bits per heavy atom. The highest BCUT2D eigenvalue weighted by molar-refractivity contribution is 14.1. The first-order valence-corrected chi connectivity index (χ1v) is 8.31. The number of benzene rings is 1. The fourth-order valence-electron chi connectivity index (χ4n) is 2.54. The van der Waals surface area contributed by atoms with Crippen molar-refractivity contribution in [3.63, 3.8) is 0 Å². The molecule has 114 valence electrons. The number of hydrogen-bond donors (Lipinski definition) is 1. The van der Waals surface area contributed by atoms with Crippen LogP contribution in [0.4, 0.5) is 0 Å². The Bertz CT molecular complexity index is 608. The van der Waals surface area contributed by atoms with Gasteiger partial charge in [0.05, 0.1) is 16.0 Å². The molecule has 0 aliphatic carbocycles. The number of carboxylic acids is 1. The van der Waals surface area contributed by atoms with E-state index in [1.807, 2.05) is 29.5 Å². The van der Waals surface area contributed by atoms with Crippen LogP contribution in [0, 0.1) is 8.99 Å². The fraction of sp³-hybridized carbons (Fsp3) is 0.429. The summed E-state index contributed by atoms with van der Waals surface area (Å²) in [6.07, 6.45) is 0.967. The standard InChI is InChI=1S/C14H14Cl2INO3/c1-2-14(13(20)21)3-4-18(7-14)12(19)9-5-8(15)6-10(16)11(9)17/h5-6H,2-4,7H2,1H3,(H,20,21). The van der Waals surface area contributed by atoms with Gasteiger partial charge < -0.3 is 10.0 Å². The van der Waals surface area contributed by atoms with E-state index in [9.17, 15) is 14.7 Å². The highest BCUT2D eigenvalue weighted by Crippen LogP contribution is 2.36. The summed E-state index contributed by atoms with van der Waals surface area (Å²) in [6, 6.07) is 3.16. The zero-order valence-corrected chi connectivity index (χ0v) is 15.0. The second-order valence-electron chi connectivity index (χ2n) is 5.16. The van der Waals surface area contributed by atoms with Gasteiger partial charge in [-0.05, 0) is 47.6 Å². The summed E-state index contributed by atoms with van der Waals surface area (Å²) in [5.41, 5.74) is -0.422. The van der Waals surface area contributed by atoms with E-state index in [0.29, 0.717) is 38.6 Å². The Hall–Kier alpha value is -0.530. The number of amides is 1. The van der Waals surface area contributed by atoms with E-state index in [2.05, 4.69) is 0 Å². The Morgan fingerprint density at radius 1 is 1.43 bits per heavy atom. The lowest BCUT2D eigenvalue weighted by Crippen LogP contribution is -2.36. The molecule has 4 nitrogen and oxygen atoms in total. The molecule has 1 amide bonds. The first kappa shape index (κ1) is 16.8. The van der Waals surface area contributed by atoms with E-state index >= 15 is 0 Å². The Labute approximate surface area is 146 Å². The quantitative estimate of drug-likeness (QED) is 0.571. The fourth-order valence-corrected chi connectivity index (χ4v) is 3.58. The van der Waals surface area contributed by atoms with Crippen LogP contribution in [0.25, 0.3) is 0 Å². The second kappa shape index (κ2) is 6.30. The minimum Gasteiger partial charge on any atom is -0.481 e. The maximum Gasteiger partial charge on any atom is 0.311 e. The lowest BCUT2D eigenvalue weighted by molar-refractivity contribution is -0.148. The van der Waals surface area contributed by atoms with Crippen molar-refractivity contribution in [2.45, 2.75) is 19.8 Å². The smallest absolute Gasteiger partial charge is 0.311 e. The number of hydrogen-bond acceptors (Lipinski definition) is 2. The average molecular weight is 442 g/mol. The summed E-state index contributed by atoms with van der Waals surface area (Å²) >= 11 is 14.0. The summed E-state index contributed by atoms with van der Waals surface area (Å²) in [4.78, 5) is 25.6. The molecule has 1 atom stereocenters. The molecule has 0 spiro atoms. The third-order valence-corrected chi connectivity index (χ3v) is 5.99. The van der Waals surface area contributed by atoms with Gasteiger partial charge in [0.2, 0.25) is 0 Å². The largest absolute Gasteiger partial charge is 0.481 e. The molecule has 0 saturated carbocycles. The molecule has 1 N–H and O–H groups in total. The monoisotopic (exact) mass is 441 g/mol. The minimum atomic E-state index is -0.848. The van der Waals surface area contributed by atoms with Crippen LogP contribution >= 0.6 is 45.8 Å². The molecule has 1 unspecified atom stereocenters. The number of likely N-dealkylation sites (tertiary alicyclic amines) is 1. The molecule has 7 heteroatoms. The van der Waals surface area contributed by atoms with E-state index in [0.717, 1.165) is 0 Å². The van der Waals surface area contributed by atoms with Gasteiger partial charge in [-0.2, -0.15) is 0 Å². The predicted molar refractivity (Wildman–Crippen MR) is 90.1 cm³/mol. The number of aliphatic carboxylic acids is 1. The van der Waals surface area contributed by atoms with Gasteiger partial charge in [-0.3, -0.25) is 9.59 Å². The topological polar surface area (TPSA) is 57.6 Å².